The van der Waals surface area contributed by atoms with Crippen LogP contribution in [0.1, 0.15) is 42.9 Å². The Morgan fingerprint density at radius 1 is 1.14 bits per heavy atom. The Labute approximate surface area is 86.8 Å². The number of unbranched alkanes of at least 4 members (excludes halogenated alkanes) is 2. The molecule has 0 saturated heterocycles. The molecule has 1 nitrogen and oxygen atoms in total. The van der Waals surface area contributed by atoms with E-state index in [1.54, 1.807) is 6.07 Å². The molecule has 0 fully saturated rings. The second kappa shape index (κ2) is 5.04. The van der Waals surface area contributed by atoms with Gasteiger partial charge in [-0.2, -0.15) is 0 Å². The maximum atomic E-state index is 9.58. The van der Waals surface area contributed by atoms with E-state index in [0.717, 1.165) is 12.0 Å². The fourth-order valence-electron chi connectivity index (χ4n) is 1.82. The zero-order valence-electron chi connectivity index (χ0n) is 9.43. The van der Waals surface area contributed by atoms with Gasteiger partial charge in [-0.15, -0.1) is 0 Å². The first kappa shape index (κ1) is 11.1. The molecule has 0 amide bonds. The summed E-state index contributed by atoms with van der Waals surface area (Å²) >= 11 is 0. The fourth-order valence-corrected chi connectivity index (χ4v) is 1.82. The molecule has 0 unspecified atom stereocenters. The SMILES string of the molecule is CCCCCc1c(C)ccc(O)c1C. The molecule has 0 bridgehead atoms. The molecule has 1 heteroatoms. The van der Waals surface area contributed by atoms with E-state index in [-0.39, 0.29) is 0 Å². The zero-order valence-corrected chi connectivity index (χ0v) is 9.43. The van der Waals surface area contributed by atoms with Crippen LogP contribution >= 0.6 is 0 Å². The highest BCUT2D eigenvalue weighted by molar-refractivity contribution is 5.42. The Kier molecular flexibility index (Phi) is 3.99. The van der Waals surface area contributed by atoms with Crippen LogP contribution < -0.4 is 0 Å². The molecule has 0 saturated carbocycles. The van der Waals surface area contributed by atoms with Crippen LogP contribution in [0.4, 0.5) is 0 Å². The number of hydrogen-bond donors (Lipinski definition) is 1. The normalized spacial score (nSPS) is 10.5. The summed E-state index contributed by atoms with van der Waals surface area (Å²) in [5.41, 5.74) is 3.69. The first-order valence-electron chi connectivity index (χ1n) is 5.44. The van der Waals surface area contributed by atoms with Gasteiger partial charge in [0.25, 0.3) is 0 Å². The van der Waals surface area contributed by atoms with E-state index in [1.165, 1.54) is 30.4 Å². The maximum absolute atomic E-state index is 9.58. The number of aromatic hydroxyl groups is 1. The van der Waals surface area contributed by atoms with Gasteiger partial charge in [-0.25, -0.2) is 0 Å². The van der Waals surface area contributed by atoms with Gasteiger partial charge in [-0.05, 0) is 49.4 Å². The molecule has 1 N–H and O–H groups in total. The lowest BCUT2D eigenvalue weighted by Gasteiger charge is -2.10. The summed E-state index contributed by atoms with van der Waals surface area (Å²) in [6.45, 7) is 6.33. The summed E-state index contributed by atoms with van der Waals surface area (Å²) in [6.07, 6.45) is 4.84. The molecule has 14 heavy (non-hydrogen) atoms. The molecule has 0 aromatic heterocycles. The first-order valence-corrected chi connectivity index (χ1v) is 5.44. The summed E-state index contributed by atoms with van der Waals surface area (Å²) in [7, 11) is 0. The van der Waals surface area contributed by atoms with Crippen molar-refractivity contribution in [1.29, 1.82) is 0 Å². The van der Waals surface area contributed by atoms with Crippen LogP contribution in [0.5, 0.6) is 5.75 Å². The van der Waals surface area contributed by atoms with Crippen molar-refractivity contribution < 1.29 is 5.11 Å². The van der Waals surface area contributed by atoms with E-state index in [1.807, 2.05) is 13.0 Å². The minimum atomic E-state index is 0.432. The zero-order chi connectivity index (χ0) is 10.6. The van der Waals surface area contributed by atoms with E-state index >= 15 is 0 Å². The van der Waals surface area contributed by atoms with Crippen LogP contribution in [0.25, 0.3) is 0 Å². The number of aryl methyl sites for hydroxylation is 1. The molecule has 0 aliphatic carbocycles. The van der Waals surface area contributed by atoms with Crippen molar-refractivity contribution in [2.75, 3.05) is 0 Å². The van der Waals surface area contributed by atoms with Gasteiger partial charge in [-0.1, -0.05) is 25.8 Å². The Morgan fingerprint density at radius 3 is 2.50 bits per heavy atom. The van der Waals surface area contributed by atoms with Crippen LogP contribution in [0.3, 0.4) is 0 Å². The van der Waals surface area contributed by atoms with Crippen molar-refractivity contribution in [3.8, 4) is 5.75 Å². The van der Waals surface area contributed by atoms with Crippen molar-refractivity contribution in [3.63, 3.8) is 0 Å². The minimum Gasteiger partial charge on any atom is -0.508 e. The summed E-state index contributed by atoms with van der Waals surface area (Å²) in [4.78, 5) is 0. The molecule has 1 aromatic carbocycles. The third-order valence-corrected chi connectivity index (χ3v) is 2.83. The van der Waals surface area contributed by atoms with Crippen LogP contribution in [-0.2, 0) is 6.42 Å². The molecule has 0 aliphatic heterocycles. The topological polar surface area (TPSA) is 20.2 Å². The molecule has 1 rings (SSSR count). The smallest absolute Gasteiger partial charge is 0.118 e. The lowest BCUT2D eigenvalue weighted by Crippen LogP contribution is -1.94. The first-order chi connectivity index (χ1) is 6.66. The number of phenols is 1. The number of benzene rings is 1. The van der Waals surface area contributed by atoms with Crippen molar-refractivity contribution in [3.05, 3.63) is 28.8 Å². The average Bonchev–Trinajstić information content (AvgIpc) is 2.18. The van der Waals surface area contributed by atoms with Crippen molar-refractivity contribution in [1.82, 2.24) is 0 Å². The Bertz CT molecular complexity index is 302. The Hall–Kier alpha value is -0.980. The van der Waals surface area contributed by atoms with Gasteiger partial charge in [0.1, 0.15) is 5.75 Å². The average molecular weight is 192 g/mol. The molecule has 78 valence electrons. The van der Waals surface area contributed by atoms with E-state index in [9.17, 15) is 5.11 Å². The van der Waals surface area contributed by atoms with Gasteiger partial charge < -0.3 is 5.11 Å². The monoisotopic (exact) mass is 192 g/mol. The highest BCUT2D eigenvalue weighted by Gasteiger charge is 2.05. The van der Waals surface area contributed by atoms with Crippen LogP contribution in [-0.4, -0.2) is 5.11 Å². The largest absolute Gasteiger partial charge is 0.508 e. The molecule has 1 aromatic rings. The van der Waals surface area contributed by atoms with Crippen LogP contribution in [0, 0.1) is 13.8 Å². The van der Waals surface area contributed by atoms with E-state index < -0.39 is 0 Å². The van der Waals surface area contributed by atoms with Gasteiger partial charge in [0.2, 0.25) is 0 Å². The molecule has 0 aliphatic rings. The Balaban J connectivity index is 2.79. The fraction of sp³-hybridized carbons (Fsp3) is 0.538. The predicted octanol–water partition coefficient (Wildman–Crippen LogP) is 3.74. The van der Waals surface area contributed by atoms with Crippen molar-refractivity contribution in [2.24, 2.45) is 0 Å². The second-order valence-electron chi connectivity index (χ2n) is 3.96. The van der Waals surface area contributed by atoms with Crippen LogP contribution in [0.15, 0.2) is 12.1 Å². The van der Waals surface area contributed by atoms with Gasteiger partial charge in [0.15, 0.2) is 0 Å². The van der Waals surface area contributed by atoms with Crippen molar-refractivity contribution in [2.45, 2.75) is 46.5 Å². The van der Waals surface area contributed by atoms with Gasteiger partial charge in [0.05, 0.1) is 0 Å². The quantitative estimate of drug-likeness (QED) is 0.720. The predicted molar refractivity (Wildman–Crippen MR) is 60.8 cm³/mol. The highest BCUT2D eigenvalue weighted by Crippen LogP contribution is 2.24. The lowest BCUT2D eigenvalue weighted by atomic mass is 9.97. The molecule has 0 radical (unpaired) electrons. The third kappa shape index (κ3) is 2.50. The van der Waals surface area contributed by atoms with E-state index in [0.29, 0.717) is 5.75 Å². The molecular weight excluding hydrogens is 172 g/mol. The third-order valence-electron chi connectivity index (χ3n) is 2.83. The summed E-state index contributed by atoms with van der Waals surface area (Å²) in [6, 6.07) is 3.79. The standard InChI is InChI=1S/C13H20O/c1-4-5-6-7-12-10(2)8-9-13(14)11(12)3/h8-9,14H,4-7H2,1-3H3. The molecule has 0 spiro atoms. The van der Waals surface area contributed by atoms with Crippen LogP contribution in [0.2, 0.25) is 0 Å². The number of hydrogen-bond acceptors (Lipinski definition) is 1. The van der Waals surface area contributed by atoms with E-state index in [4.69, 9.17) is 0 Å². The highest BCUT2D eigenvalue weighted by atomic mass is 16.3. The summed E-state index contributed by atoms with van der Waals surface area (Å²) < 4.78 is 0. The molecule has 0 atom stereocenters. The van der Waals surface area contributed by atoms with Crippen molar-refractivity contribution >= 4 is 0 Å². The summed E-state index contributed by atoms with van der Waals surface area (Å²) in [5, 5.41) is 9.58. The summed E-state index contributed by atoms with van der Waals surface area (Å²) in [5.74, 6) is 0.432. The Morgan fingerprint density at radius 2 is 1.86 bits per heavy atom. The van der Waals surface area contributed by atoms with Gasteiger partial charge in [-0.3, -0.25) is 0 Å². The lowest BCUT2D eigenvalue weighted by molar-refractivity contribution is 0.469. The number of phenolic OH excluding ortho intramolecular Hbond substituents is 1. The second-order valence-corrected chi connectivity index (χ2v) is 3.96. The maximum Gasteiger partial charge on any atom is 0.118 e. The molecular formula is C13H20O. The number of rotatable bonds is 4. The van der Waals surface area contributed by atoms with E-state index in [2.05, 4.69) is 13.8 Å². The molecule has 0 heterocycles. The van der Waals surface area contributed by atoms with Gasteiger partial charge >= 0.3 is 0 Å². The van der Waals surface area contributed by atoms with Gasteiger partial charge in [0, 0.05) is 0 Å². The minimum absolute atomic E-state index is 0.432.